The molecular weight excluding hydrogens is 262 g/mol. The molecule has 0 saturated heterocycles. The van der Waals surface area contributed by atoms with Gasteiger partial charge in [0.25, 0.3) is 5.56 Å². The maximum absolute atomic E-state index is 12.3. The smallest absolute Gasteiger partial charge is 0.267 e. The van der Waals surface area contributed by atoms with E-state index in [1.165, 1.54) is 43.4 Å². The Labute approximate surface area is 125 Å². The first-order valence-electron chi connectivity index (χ1n) is 8.67. The highest BCUT2D eigenvalue weighted by molar-refractivity contribution is 5.22. The molecule has 0 radical (unpaired) electrons. The summed E-state index contributed by atoms with van der Waals surface area (Å²) < 4.78 is 1.80. The van der Waals surface area contributed by atoms with Crippen LogP contribution in [0.5, 0.6) is 0 Å². The minimum Gasteiger partial charge on any atom is -0.311 e. The van der Waals surface area contributed by atoms with Crippen molar-refractivity contribution < 1.29 is 0 Å². The molecular formula is C17H25N3O. The normalized spacial score (nSPS) is 29.1. The van der Waals surface area contributed by atoms with Gasteiger partial charge in [0.05, 0.1) is 11.7 Å². The third-order valence-electron chi connectivity index (χ3n) is 5.60. The van der Waals surface area contributed by atoms with Gasteiger partial charge in [0.15, 0.2) is 0 Å². The maximum Gasteiger partial charge on any atom is 0.267 e. The molecule has 1 aromatic heterocycles. The molecule has 1 aromatic rings. The zero-order valence-electron chi connectivity index (χ0n) is 12.7. The summed E-state index contributed by atoms with van der Waals surface area (Å²) in [4.78, 5) is 12.3. The zero-order valence-corrected chi connectivity index (χ0v) is 12.7. The number of rotatable bonds is 3. The molecule has 3 aliphatic rings. The quantitative estimate of drug-likeness (QED) is 0.928. The predicted octanol–water partition coefficient (Wildman–Crippen LogP) is 2.36. The number of hydrogen-bond donors (Lipinski definition) is 1. The summed E-state index contributed by atoms with van der Waals surface area (Å²) in [7, 11) is 0. The van der Waals surface area contributed by atoms with Crippen LogP contribution in [0.4, 0.5) is 0 Å². The lowest BCUT2D eigenvalue weighted by Crippen LogP contribution is -2.44. The second-order valence-corrected chi connectivity index (χ2v) is 7.05. The SMILES string of the molecule is O=c1cc2c(nn1C1CCC(NC3CCC3)CC1)CCC2. The lowest BCUT2D eigenvalue weighted by molar-refractivity contribution is 0.225. The van der Waals surface area contributed by atoms with Gasteiger partial charge in [-0.05, 0) is 63.4 Å². The fraction of sp³-hybridized carbons (Fsp3) is 0.765. The molecule has 4 nitrogen and oxygen atoms in total. The molecule has 3 aliphatic carbocycles. The molecule has 4 rings (SSSR count). The Hall–Kier alpha value is -1.16. The van der Waals surface area contributed by atoms with Crippen molar-refractivity contribution in [3.05, 3.63) is 27.7 Å². The summed E-state index contributed by atoms with van der Waals surface area (Å²) in [5.74, 6) is 0. The van der Waals surface area contributed by atoms with E-state index in [-0.39, 0.29) is 5.56 Å². The van der Waals surface area contributed by atoms with Gasteiger partial charge in [-0.25, -0.2) is 4.68 Å². The minimum atomic E-state index is 0.117. The van der Waals surface area contributed by atoms with Crippen molar-refractivity contribution in [2.75, 3.05) is 0 Å². The molecule has 114 valence electrons. The Morgan fingerprint density at radius 2 is 1.76 bits per heavy atom. The van der Waals surface area contributed by atoms with Gasteiger partial charge in [0.1, 0.15) is 0 Å². The monoisotopic (exact) mass is 287 g/mol. The van der Waals surface area contributed by atoms with E-state index in [1.807, 2.05) is 6.07 Å². The minimum absolute atomic E-state index is 0.117. The van der Waals surface area contributed by atoms with Gasteiger partial charge in [-0.15, -0.1) is 0 Å². The fourth-order valence-corrected chi connectivity index (χ4v) is 4.07. The molecule has 0 amide bonds. The molecule has 1 heterocycles. The Morgan fingerprint density at radius 1 is 1.00 bits per heavy atom. The van der Waals surface area contributed by atoms with Gasteiger partial charge in [0.2, 0.25) is 0 Å². The second kappa shape index (κ2) is 5.56. The van der Waals surface area contributed by atoms with Gasteiger partial charge >= 0.3 is 0 Å². The molecule has 2 fully saturated rings. The molecule has 0 bridgehead atoms. The number of hydrogen-bond acceptors (Lipinski definition) is 3. The van der Waals surface area contributed by atoms with Crippen LogP contribution in [0.1, 0.15) is 68.7 Å². The zero-order chi connectivity index (χ0) is 14.2. The van der Waals surface area contributed by atoms with E-state index >= 15 is 0 Å². The van der Waals surface area contributed by atoms with Crippen LogP contribution in [0.3, 0.4) is 0 Å². The summed E-state index contributed by atoms with van der Waals surface area (Å²) in [6.07, 6.45) is 11.9. The number of aromatic nitrogens is 2. The van der Waals surface area contributed by atoms with E-state index in [0.29, 0.717) is 12.1 Å². The maximum atomic E-state index is 12.3. The summed E-state index contributed by atoms with van der Waals surface area (Å²) in [6, 6.07) is 3.60. The van der Waals surface area contributed by atoms with Crippen LogP contribution >= 0.6 is 0 Å². The van der Waals surface area contributed by atoms with Crippen LogP contribution in [0.25, 0.3) is 0 Å². The van der Waals surface area contributed by atoms with Gasteiger partial charge in [-0.1, -0.05) is 6.42 Å². The molecule has 0 aromatic carbocycles. The van der Waals surface area contributed by atoms with Crippen LogP contribution in [-0.4, -0.2) is 21.9 Å². The van der Waals surface area contributed by atoms with Crippen LogP contribution in [0.2, 0.25) is 0 Å². The van der Waals surface area contributed by atoms with Crippen molar-refractivity contribution in [2.24, 2.45) is 0 Å². The molecule has 2 saturated carbocycles. The van der Waals surface area contributed by atoms with Crippen molar-refractivity contribution in [3.63, 3.8) is 0 Å². The fourth-order valence-electron chi connectivity index (χ4n) is 4.07. The standard InChI is InChI=1S/C17H25N3O/c21-17-11-12-3-1-6-16(12)19-20(17)15-9-7-14(8-10-15)18-13-4-2-5-13/h11,13-15,18H,1-10H2. The van der Waals surface area contributed by atoms with E-state index in [1.54, 1.807) is 4.68 Å². The van der Waals surface area contributed by atoms with Crippen molar-refractivity contribution in [3.8, 4) is 0 Å². The summed E-state index contributed by atoms with van der Waals surface area (Å²) in [5.41, 5.74) is 2.48. The first-order chi connectivity index (χ1) is 10.3. The van der Waals surface area contributed by atoms with Crippen LogP contribution < -0.4 is 10.9 Å². The van der Waals surface area contributed by atoms with Gasteiger partial charge in [0, 0.05) is 18.2 Å². The van der Waals surface area contributed by atoms with Gasteiger partial charge in [-0.3, -0.25) is 4.79 Å². The summed E-state index contributed by atoms with van der Waals surface area (Å²) >= 11 is 0. The van der Waals surface area contributed by atoms with E-state index in [0.717, 1.165) is 38.1 Å². The number of nitrogens with zero attached hydrogens (tertiary/aromatic N) is 2. The van der Waals surface area contributed by atoms with Crippen molar-refractivity contribution in [1.82, 2.24) is 15.1 Å². The number of aryl methyl sites for hydroxylation is 2. The second-order valence-electron chi connectivity index (χ2n) is 7.05. The van der Waals surface area contributed by atoms with Crippen LogP contribution in [0, 0.1) is 0 Å². The summed E-state index contributed by atoms with van der Waals surface area (Å²) in [6.45, 7) is 0. The average molecular weight is 287 g/mol. The van der Waals surface area contributed by atoms with E-state index in [9.17, 15) is 4.79 Å². The molecule has 0 aliphatic heterocycles. The third-order valence-corrected chi connectivity index (χ3v) is 5.60. The molecule has 21 heavy (non-hydrogen) atoms. The topological polar surface area (TPSA) is 46.9 Å². The molecule has 0 spiro atoms. The van der Waals surface area contributed by atoms with Crippen molar-refractivity contribution in [1.29, 1.82) is 0 Å². The molecule has 0 unspecified atom stereocenters. The van der Waals surface area contributed by atoms with Gasteiger partial charge < -0.3 is 5.32 Å². The highest BCUT2D eigenvalue weighted by atomic mass is 16.1. The predicted molar refractivity (Wildman–Crippen MR) is 82.6 cm³/mol. The Kier molecular flexibility index (Phi) is 3.57. The average Bonchev–Trinajstić information content (AvgIpc) is 2.90. The van der Waals surface area contributed by atoms with Crippen LogP contribution in [0.15, 0.2) is 10.9 Å². The first kappa shape index (κ1) is 13.5. The van der Waals surface area contributed by atoms with Crippen molar-refractivity contribution in [2.45, 2.75) is 82.3 Å². The van der Waals surface area contributed by atoms with E-state index in [2.05, 4.69) is 10.4 Å². The highest BCUT2D eigenvalue weighted by Crippen LogP contribution is 2.29. The number of nitrogens with one attached hydrogen (secondary N) is 1. The Bertz CT molecular complexity index is 568. The molecule has 1 N–H and O–H groups in total. The van der Waals surface area contributed by atoms with Gasteiger partial charge in [-0.2, -0.15) is 5.10 Å². The van der Waals surface area contributed by atoms with Crippen molar-refractivity contribution >= 4 is 0 Å². The molecule has 4 heteroatoms. The highest BCUT2D eigenvalue weighted by Gasteiger charge is 2.27. The first-order valence-corrected chi connectivity index (χ1v) is 8.67. The largest absolute Gasteiger partial charge is 0.311 e. The lowest BCUT2D eigenvalue weighted by atomic mass is 9.87. The third kappa shape index (κ3) is 2.66. The van der Waals surface area contributed by atoms with E-state index in [4.69, 9.17) is 0 Å². The Morgan fingerprint density at radius 3 is 2.48 bits per heavy atom. The van der Waals surface area contributed by atoms with E-state index < -0.39 is 0 Å². The lowest BCUT2D eigenvalue weighted by Gasteiger charge is -2.35. The summed E-state index contributed by atoms with van der Waals surface area (Å²) in [5, 5.41) is 8.45. The molecule has 0 atom stereocenters. The Balaban J connectivity index is 1.42. The van der Waals surface area contributed by atoms with Crippen LogP contribution in [-0.2, 0) is 12.8 Å². The number of fused-ring (bicyclic) bond motifs is 1.